The highest BCUT2D eigenvalue weighted by Gasteiger charge is 2.15. The van der Waals surface area contributed by atoms with Crippen LogP contribution in [0.15, 0.2) is 12.7 Å². The summed E-state index contributed by atoms with van der Waals surface area (Å²) >= 11 is 2.18. The first-order valence-electron chi connectivity index (χ1n) is 3.59. The van der Waals surface area contributed by atoms with Gasteiger partial charge in [0.15, 0.2) is 0 Å². The van der Waals surface area contributed by atoms with Crippen molar-refractivity contribution in [2.24, 2.45) is 5.92 Å². The van der Waals surface area contributed by atoms with E-state index in [0.29, 0.717) is 13.0 Å². The molecule has 0 bridgehead atoms. The van der Waals surface area contributed by atoms with Gasteiger partial charge in [0.1, 0.15) is 0 Å². The van der Waals surface area contributed by atoms with Crippen molar-refractivity contribution in [3.63, 3.8) is 0 Å². The molecule has 0 saturated carbocycles. The molecule has 0 aliphatic rings. The summed E-state index contributed by atoms with van der Waals surface area (Å²) in [4.78, 5) is 11.1. The van der Waals surface area contributed by atoms with E-state index in [1.165, 1.54) is 0 Å². The van der Waals surface area contributed by atoms with Crippen LogP contribution in [0, 0.1) is 5.92 Å². The van der Waals surface area contributed by atoms with Gasteiger partial charge >= 0.3 is 5.97 Å². The first-order valence-corrected chi connectivity index (χ1v) is 5.12. The van der Waals surface area contributed by atoms with Gasteiger partial charge in [0.05, 0.1) is 12.5 Å². The third-order valence-corrected chi connectivity index (χ3v) is 2.32. The molecule has 0 spiro atoms. The van der Waals surface area contributed by atoms with E-state index in [9.17, 15) is 4.79 Å². The molecule has 0 fully saturated rings. The molecule has 0 aliphatic carbocycles. The van der Waals surface area contributed by atoms with Crippen molar-refractivity contribution in [2.75, 3.05) is 11.0 Å². The molecule has 0 aromatic rings. The molecular formula is C8H13IO2. The van der Waals surface area contributed by atoms with Crippen LogP contribution in [-0.2, 0) is 9.53 Å². The Labute approximate surface area is 81.1 Å². The van der Waals surface area contributed by atoms with Gasteiger partial charge in [-0.25, -0.2) is 0 Å². The SMILES string of the molecule is C=CCC(CI)C(=O)OCC. The molecule has 0 saturated heterocycles. The smallest absolute Gasteiger partial charge is 0.310 e. The second kappa shape index (κ2) is 6.64. The molecule has 11 heavy (non-hydrogen) atoms. The van der Waals surface area contributed by atoms with Gasteiger partial charge < -0.3 is 4.74 Å². The first kappa shape index (κ1) is 10.9. The standard InChI is InChI=1S/C8H13IO2/c1-3-5-7(6-9)8(10)11-4-2/h3,7H,1,4-6H2,2H3. The number of ether oxygens (including phenoxy) is 1. The summed E-state index contributed by atoms with van der Waals surface area (Å²) in [5, 5.41) is 0. The molecule has 2 nitrogen and oxygen atoms in total. The number of esters is 1. The van der Waals surface area contributed by atoms with Gasteiger partial charge in [-0.15, -0.1) is 6.58 Å². The fourth-order valence-electron chi connectivity index (χ4n) is 0.684. The van der Waals surface area contributed by atoms with Gasteiger partial charge in [0, 0.05) is 4.43 Å². The third kappa shape index (κ3) is 4.40. The Hall–Kier alpha value is -0.0600. The van der Waals surface area contributed by atoms with Gasteiger partial charge in [0.2, 0.25) is 0 Å². The second-order valence-electron chi connectivity index (χ2n) is 2.13. The van der Waals surface area contributed by atoms with Crippen molar-refractivity contribution < 1.29 is 9.53 Å². The predicted molar refractivity (Wildman–Crippen MR) is 53.8 cm³/mol. The number of hydrogen-bond acceptors (Lipinski definition) is 2. The van der Waals surface area contributed by atoms with Crippen LogP contribution in [0.3, 0.4) is 0 Å². The number of carbonyl (C=O) groups is 1. The largest absolute Gasteiger partial charge is 0.466 e. The third-order valence-electron chi connectivity index (χ3n) is 1.26. The summed E-state index contributed by atoms with van der Waals surface area (Å²) in [6, 6.07) is 0. The van der Waals surface area contributed by atoms with Crippen molar-refractivity contribution in [3.05, 3.63) is 12.7 Å². The highest BCUT2D eigenvalue weighted by atomic mass is 127. The molecule has 1 unspecified atom stereocenters. The lowest BCUT2D eigenvalue weighted by Crippen LogP contribution is -2.18. The summed E-state index contributed by atoms with van der Waals surface area (Å²) in [6.07, 6.45) is 2.46. The lowest BCUT2D eigenvalue weighted by molar-refractivity contribution is -0.146. The first-order chi connectivity index (χ1) is 5.26. The Morgan fingerprint density at radius 1 is 1.82 bits per heavy atom. The van der Waals surface area contributed by atoms with Crippen LogP contribution in [0.1, 0.15) is 13.3 Å². The van der Waals surface area contributed by atoms with E-state index in [1.54, 1.807) is 6.08 Å². The Morgan fingerprint density at radius 3 is 2.82 bits per heavy atom. The Morgan fingerprint density at radius 2 is 2.45 bits per heavy atom. The average Bonchev–Trinajstić information content (AvgIpc) is 2.00. The number of alkyl halides is 1. The number of allylic oxidation sites excluding steroid dienone is 1. The van der Waals surface area contributed by atoms with E-state index >= 15 is 0 Å². The number of carbonyl (C=O) groups excluding carboxylic acids is 1. The lowest BCUT2D eigenvalue weighted by Gasteiger charge is -2.09. The fraction of sp³-hybridized carbons (Fsp3) is 0.625. The predicted octanol–water partition coefficient (Wildman–Crippen LogP) is 2.18. The zero-order valence-corrected chi connectivity index (χ0v) is 8.84. The van der Waals surface area contributed by atoms with Crippen LogP contribution in [-0.4, -0.2) is 17.0 Å². The van der Waals surface area contributed by atoms with Crippen LogP contribution in [0.4, 0.5) is 0 Å². The molecular weight excluding hydrogens is 255 g/mol. The molecule has 0 rings (SSSR count). The molecule has 0 N–H and O–H groups in total. The maximum atomic E-state index is 11.1. The van der Waals surface area contributed by atoms with Gasteiger partial charge in [-0.05, 0) is 13.3 Å². The van der Waals surface area contributed by atoms with E-state index in [2.05, 4.69) is 29.2 Å². The summed E-state index contributed by atoms with van der Waals surface area (Å²) < 4.78 is 5.65. The lowest BCUT2D eigenvalue weighted by atomic mass is 10.1. The van der Waals surface area contributed by atoms with Gasteiger partial charge in [-0.3, -0.25) is 4.79 Å². The molecule has 0 aromatic carbocycles. The van der Waals surface area contributed by atoms with Crippen LogP contribution >= 0.6 is 22.6 Å². The summed E-state index contributed by atoms with van der Waals surface area (Å²) in [5.41, 5.74) is 0. The molecule has 0 amide bonds. The van der Waals surface area contributed by atoms with Gasteiger partial charge in [-0.2, -0.15) is 0 Å². The second-order valence-corrected chi connectivity index (χ2v) is 3.01. The van der Waals surface area contributed by atoms with Crippen molar-refractivity contribution in [2.45, 2.75) is 13.3 Å². The molecule has 0 aliphatic heterocycles. The van der Waals surface area contributed by atoms with Crippen molar-refractivity contribution in [3.8, 4) is 0 Å². The van der Waals surface area contributed by atoms with Crippen LogP contribution in [0.25, 0.3) is 0 Å². The minimum absolute atomic E-state index is 0.00644. The minimum atomic E-state index is -0.109. The quantitative estimate of drug-likeness (QED) is 0.330. The Balaban J connectivity index is 3.80. The van der Waals surface area contributed by atoms with Crippen molar-refractivity contribution in [1.29, 1.82) is 0 Å². The molecule has 64 valence electrons. The zero-order valence-electron chi connectivity index (χ0n) is 6.68. The molecule has 0 aromatic heterocycles. The fourth-order valence-corrected chi connectivity index (χ4v) is 1.40. The maximum absolute atomic E-state index is 11.1. The zero-order chi connectivity index (χ0) is 8.69. The van der Waals surface area contributed by atoms with E-state index < -0.39 is 0 Å². The highest BCUT2D eigenvalue weighted by Crippen LogP contribution is 2.09. The molecule has 0 heterocycles. The topological polar surface area (TPSA) is 26.3 Å². The van der Waals surface area contributed by atoms with Crippen molar-refractivity contribution in [1.82, 2.24) is 0 Å². The highest BCUT2D eigenvalue weighted by molar-refractivity contribution is 14.1. The molecule has 0 radical (unpaired) electrons. The minimum Gasteiger partial charge on any atom is -0.466 e. The average molecular weight is 268 g/mol. The van der Waals surface area contributed by atoms with E-state index in [1.807, 2.05) is 6.92 Å². The summed E-state index contributed by atoms with van der Waals surface area (Å²) in [7, 11) is 0. The van der Waals surface area contributed by atoms with E-state index in [0.717, 1.165) is 4.43 Å². The van der Waals surface area contributed by atoms with Crippen LogP contribution < -0.4 is 0 Å². The van der Waals surface area contributed by atoms with Gasteiger partial charge in [0.25, 0.3) is 0 Å². The summed E-state index contributed by atoms with van der Waals surface area (Å²) in [6.45, 7) is 5.86. The van der Waals surface area contributed by atoms with Crippen LogP contribution in [0.2, 0.25) is 0 Å². The Kier molecular flexibility index (Phi) is 6.60. The molecule has 3 heteroatoms. The number of halogens is 1. The normalized spacial score (nSPS) is 12.2. The maximum Gasteiger partial charge on any atom is 0.310 e. The van der Waals surface area contributed by atoms with Crippen LogP contribution in [0.5, 0.6) is 0 Å². The number of rotatable bonds is 5. The monoisotopic (exact) mass is 268 g/mol. The van der Waals surface area contributed by atoms with Gasteiger partial charge in [-0.1, -0.05) is 28.7 Å². The Bertz CT molecular complexity index is 134. The number of hydrogen-bond donors (Lipinski definition) is 0. The molecule has 1 atom stereocenters. The van der Waals surface area contributed by atoms with E-state index in [4.69, 9.17) is 4.74 Å². The van der Waals surface area contributed by atoms with E-state index in [-0.39, 0.29) is 11.9 Å². The summed E-state index contributed by atoms with van der Waals surface area (Å²) in [5.74, 6) is -0.116. The van der Waals surface area contributed by atoms with Crippen molar-refractivity contribution >= 4 is 28.6 Å².